The molecule has 0 saturated carbocycles. The zero-order chi connectivity index (χ0) is 13.0. The van der Waals surface area contributed by atoms with Gasteiger partial charge in [-0.1, -0.05) is 41.8 Å². The lowest BCUT2D eigenvalue weighted by atomic mass is 9.97. The molecule has 1 aliphatic rings. The zero-order valence-electron chi connectivity index (χ0n) is 11.0. The van der Waals surface area contributed by atoms with Gasteiger partial charge in [-0.2, -0.15) is 0 Å². The van der Waals surface area contributed by atoms with E-state index in [1.807, 2.05) is 6.07 Å². The van der Waals surface area contributed by atoms with Crippen molar-refractivity contribution in [2.45, 2.75) is 51.6 Å². The van der Waals surface area contributed by atoms with Gasteiger partial charge in [-0.3, -0.25) is 4.90 Å². The van der Waals surface area contributed by atoms with Gasteiger partial charge in [0.05, 0.1) is 0 Å². The van der Waals surface area contributed by atoms with Gasteiger partial charge in [0, 0.05) is 17.1 Å². The maximum Gasteiger partial charge on any atom is 0.124 e. The number of rotatable bonds is 4. The van der Waals surface area contributed by atoms with E-state index in [1.54, 1.807) is 12.1 Å². The van der Waals surface area contributed by atoms with Gasteiger partial charge in [-0.05, 0) is 43.5 Å². The third-order valence-electron chi connectivity index (χ3n) is 3.76. The van der Waals surface area contributed by atoms with Gasteiger partial charge in [-0.25, -0.2) is 4.39 Å². The Bertz CT molecular complexity index is 392. The molecule has 1 fully saturated rings. The molecule has 1 heterocycles. The van der Waals surface area contributed by atoms with Crippen LogP contribution in [0, 0.1) is 5.82 Å². The van der Waals surface area contributed by atoms with Gasteiger partial charge >= 0.3 is 0 Å². The third-order valence-corrected chi connectivity index (χ3v) is 4.50. The number of piperidine rings is 1. The molecule has 100 valence electrons. The molecule has 1 nitrogen and oxygen atoms in total. The van der Waals surface area contributed by atoms with E-state index in [9.17, 15) is 4.39 Å². The number of likely N-dealkylation sites (tertiary alicyclic amines) is 1. The van der Waals surface area contributed by atoms with Crippen LogP contribution in [0.1, 0.15) is 44.6 Å². The smallest absolute Gasteiger partial charge is 0.124 e. The summed E-state index contributed by atoms with van der Waals surface area (Å²) in [5, 5.41) is 0. The standard InChI is InChI=1S/C15H21BrFN/c1-2-5-14-6-3-4-9-18(14)11-12-7-8-13(17)10-15(12)16/h7-8,10,14H,2-6,9,11H2,1H3. The molecule has 0 radical (unpaired) electrons. The highest BCUT2D eigenvalue weighted by atomic mass is 79.9. The Hall–Kier alpha value is -0.410. The Balaban J connectivity index is 2.06. The first-order chi connectivity index (χ1) is 8.70. The molecule has 1 aromatic rings. The number of halogens is 2. The second-order valence-electron chi connectivity index (χ2n) is 5.14. The van der Waals surface area contributed by atoms with Gasteiger partial charge in [0.25, 0.3) is 0 Å². The van der Waals surface area contributed by atoms with Crippen molar-refractivity contribution in [2.24, 2.45) is 0 Å². The maximum absolute atomic E-state index is 13.1. The average Bonchev–Trinajstić information content (AvgIpc) is 2.35. The molecule has 0 aliphatic carbocycles. The summed E-state index contributed by atoms with van der Waals surface area (Å²) in [6.45, 7) is 4.36. The Kier molecular flexibility index (Phi) is 5.19. The van der Waals surface area contributed by atoms with Crippen LogP contribution < -0.4 is 0 Å². The van der Waals surface area contributed by atoms with Gasteiger partial charge in [0.1, 0.15) is 5.82 Å². The van der Waals surface area contributed by atoms with E-state index < -0.39 is 0 Å². The fourth-order valence-electron chi connectivity index (χ4n) is 2.80. The molecule has 1 atom stereocenters. The first-order valence-corrected chi connectivity index (χ1v) is 7.68. The van der Waals surface area contributed by atoms with Crippen molar-refractivity contribution in [3.05, 3.63) is 34.1 Å². The Morgan fingerprint density at radius 1 is 1.39 bits per heavy atom. The summed E-state index contributed by atoms with van der Waals surface area (Å²) in [5.74, 6) is -0.172. The van der Waals surface area contributed by atoms with Crippen LogP contribution in [0.4, 0.5) is 4.39 Å². The summed E-state index contributed by atoms with van der Waals surface area (Å²) in [5.41, 5.74) is 1.19. The molecule has 1 aliphatic heterocycles. The summed E-state index contributed by atoms with van der Waals surface area (Å²) < 4.78 is 14.0. The SMILES string of the molecule is CCCC1CCCCN1Cc1ccc(F)cc1Br. The normalized spacial score (nSPS) is 21.2. The van der Waals surface area contributed by atoms with E-state index in [4.69, 9.17) is 0 Å². The summed E-state index contributed by atoms with van der Waals surface area (Å²) >= 11 is 3.47. The van der Waals surface area contributed by atoms with Crippen molar-refractivity contribution >= 4 is 15.9 Å². The predicted octanol–water partition coefficient (Wildman–Crippen LogP) is 4.74. The molecule has 1 aromatic carbocycles. The number of nitrogens with zero attached hydrogens (tertiary/aromatic N) is 1. The van der Waals surface area contributed by atoms with Gasteiger partial charge in [0.2, 0.25) is 0 Å². The molecular weight excluding hydrogens is 293 g/mol. The van der Waals surface area contributed by atoms with Gasteiger partial charge in [-0.15, -0.1) is 0 Å². The van der Waals surface area contributed by atoms with Crippen LogP contribution in [0.15, 0.2) is 22.7 Å². The van der Waals surface area contributed by atoms with Crippen molar-refractivity contribution in [2.75, 3.05) is 6.54 Å². The van der Waals surface area contributed by atoms with Crippen molar-refractivity contribution in [1.82, 2.24) is 4.90 Å². The summed E-state index contributed by atoms with van der Waals surface area (Å²) in [6, 6.07) is 5.73. The van der Waals surface area contributed by atoms with Crippen LogP contribution in [0.5, 0.6) is 0 Å². The quantitative estimate of drug-likeness (QED) is 0.776. The van der Waals surface area contributed by atoms with Crippen molar-refractivity contribution in [3.63, 3.8) is 0 Å². The van der Waals surface area contributed by atoms with E-state index in [1.165, 1.54) is 44.2 Å². The molecule has 1 unspecified atom stereocenters. The molecule has 18 heavy (non-hydrogen) atoms. The number of hydrogen-bond donors (Lipinski definition) is 0. The summed E-state index contributed by atoms with van der Waals surface area (Å²) in [6.07, 6.45) is 6.47. The molecule has 0 aromatic heterocycles. The lowest BCUT2D eigenvalue weighted by Crippen LogP contribution is -2.38. The highest BCUT2D eigenvalue weighted by Gasteiger charge is 2.22. The Morgan fingerprint density at radius 2 is 2.22 bits per heavy atom. The highest BCUT2D eigenvalue weighted by molar-refractivity contribution is 9.10. The second-order valence-corrected chi connectivity index (χ2v) is 6.00. The minimum absolute atomic E-state index is 0.172. The maximum atomic E-state index is 13.1. The second kappa shape index (κ2) is 6.67. The van der Waals surface area contributed by atoms with Crippen LogP contribution in [-0.4, -0.2) is 17.5 Å². The molecule has 0 amide bonds. The van der Waals surface area contributed by atoms with E-state index in [0.717, 1.165) is 11.0 Å². The van der Waals surface area contributed by atoms with E-state index >= 15 is 0 Å². The van der Waals surface area contributed by atoms with Crippen LogP contribution in [0.2, 0.25) is 0 Å². The predicted molar refractivity (Wildman–Crippen MR) is 77.1 cm³/mol. The number of hydrogen-bond acceptors (Lipinski definition) is 1. The highest BCUT2D eigenvalue weighted by Crippen LogP contribution is 2.26. The molecular formula is C15H21BrFN. The molecule has 0 bridgehead atoms. The first kappa shape index (κ1) is 14.0. The van der Waals surface area contributed by atoms with E-state index in [0.29, 0.717) is 6.04 Å². The molecule has 2 rings (SSSR count). The van der Waals surface area contributed by atoms with Crippen LogP contribution in [0.3, 0.4) is 0 Å². The minimum Gasteiger partial charge on any atom is -0.296 e. The lowest BCUT2D eigenvalue weighted by molar-refractivity contribution is 0.131. The average molecular weight is 314 g/mol. The molecule has 3 heteroatoms. The Morgan fingerprint density at radius 3 is 2.94 bits per heavy atom. The fourth-order valence-corrected chi connectivity index (χ4v) is 3.27. The van der Waals surface area contributed by atoms with Crippen LogP contribution >= 0.6 is 15.9 Å². The summed E-state index contributed by atoms with van der Waals surface area (Å²) in [7, 11) is 0. The summed E-state index contributed by atoms with van der Waals surface area (Å²) in [4.78, 5) is 2.56. The van der Waals surface area contributed by atoms with Crippen molar-refractivity contribution in [1.29, 1.82) is 0 Å². The largest absolute Gasteiger partial charge is 0.296 e. The van der Waals surface area contributed by atoms with E-state index in [2.05, 4.69) is 27.8 Å². The van der Waals surface area contributed by atoms with Crippen LogP contribution in [-0.2, 0) is 6.54 Å². The molecule has 1 saturated heterocycles. The molecule has 0 N–H and O–H groups in total. The lowest BCUT2D eigenvalue weighted by Gasteiger charge is -2.36. The topological polar surface area (TPSA) is 3.24 Å². The molecule has 0 spiro atoms. The van der Waals surface area contributed by atoms with Gasteiger partial charge in [0.15, 0.2) is 0 Å². The third kappa shape index (κ3) is 3.55. The first-order valence-electron chi connectivity index (χ1n) is 6.88. The fraction of sp³-hybridized carbons (Fsp3) is 0.600. The zero-order valence-corrected chi connectivity index (χ0v) is 12.5. The monoisotopic (exact) mass is 313 g/mol. The van der Waals surface area contributed by atoms with E-state index in [-0.39, 0.29) is 5.82 Å². The van der Waals surface area contributed by atoms with Crippen LogP contribution in [0.25, 0.3) is 0 Å². The van der Waals surface area contributed by atoms with Gasteiger partial charge < -0.3 is 0 Å². The Labute approximate surface area is 118 Å². The minimum atomic E-state index is -0.172. The van der Waals surface area contributed by atoms with Crippen molar-refractivity contribution in [3.8, 4) is 0 Å². The number of benzene rings is 1. The van der Waals surface area contributed by atoms with Crippen molar-refractivity contribution < 1.29 is 4.39 Å².